The van der Waals surface area contributed by atoms with Gasteiger partial charge in [0.25, 0.3) is 0 Å². The summed E-state index contributed by atoms with van der Waals surface area (Å²) in [4.78, 5) is 38.5. The number of alkyl halides is 2. The van der Waals surface area contributed by atoms with E-state index in [0.717, 1.165) is 4.90 Å². The summed E-state index contributed by atoms with van der Waals surface area (Å²) in [5.74, 6) is -4.47. The first-order valence-electron chi connectivity index (χ1n) is 11.0. The number of aliphatic carboxylic acids is 1. The number of hydrogen-bond donors (Lipinski definition) is 1. The van der Waals surface area contributed by atoms with Gasteiger partial charge in [0.15, 0.2) is 0 Å². The normalized spacial score (nSPS) is 29.4. The maximum atomic E-state index is 13.9. The quantitative estimate of drug-likeness (QED) is 0.436. The number of rotatable bonds is 4. The van der Waals surface area contributed by atoms with Crippen LogP contribution in [-0.4, -0.2) is 33.8 Å². The van der Waals surface area contributed by atoms with Crippen LogP contribution in [0.2, 0.25) is 0 Å². The molecular weight excluding hydrogens is 473 g/mol. The molecular formula is C27H19Cl2NO4. The zero-order chi connectivity index (χ0) is 23.8. The van der Waals surface area contributed by atoms with E-state index in [0.29, 0.717) is 27.8 Å². The van der Waals surface area contributed by atoms with Crippen LogP contribution in [-0.2, 0) is 30.6 Å². The first-order valence-corrected chi connectivity index (χ1v) is 11.8. The highest BCUT2D eigenvalue weighted by Crippen LogP contribution is 2.69. The van der Waals surface area contributed by atoms with Crippen molar-refractivity contribution in [3.63, 3.8) is 0 Å². The van der Waals surface area contributed by atoms with Crippen LogP contribution >= 0.6 is 23.2 Å². The highest BCUT2D eigenvalue weighted by Gasteiger charge is 2.73. The van der Waals surface area contributed by atoms with Crippen LogP contribution < -0.4 is 0 Å². The van der Waals surface area contributed by atoms with Gasteiger partial charge < -0.3 is 5.11 Å². The van der Waals surface area contributed by atoms with E-state index in [2.05, 4.69) is 0 Å². The molecule has 0 unspecified atom stereocenters. The SMILES string of the molecule is O=C(O)[C@H](Cc1ccccc1)N1C(=O)[C@@H]2[C@H](C1=O)C1(Cl)c3ccccc3C2(Cl)c2ccccc21. The van der Waals surface area contributed by atoms with Crippen molar-refractivity contribution in [3.8, 4) is 0 Å². The highest BCUT2D eigenvalue weighted by molar-refractivity contribution is 6.36. The van der Waals surface area contributed by atoms with Gasteiger partial charge >= 0.3 is 5.97 Å². The molecule has 3 aliphatic carbocycles. The Hall–Kier alpha value is -3.15. The lowest BCUT2D eigenvalue weighted by atomic mass is 9.54. The number of imide groups is 1. The van der Waals surface area contributed by atoms with Gasteiger partial charge in [-0.25, -0.2) is 4.79 Å². The number of amides is 2. The van der Waals surface area contributed by atoms with E-state index >= 15 is 0 Å². The zero-order valence-corrected chi connectivity index (χ0v) is 19.3. The summed E-state index contributed by atoms with van der Waals surface area (Å²) in [6.45, 7) is 0. The van der Waals surface area contributed by atoms with Gasteiger partial charge in [-0.05, 0) is 27.8 Å². The molecule has 3 aromatic rings. The summed E-state index contributed by atoms with van der Waals surface area (Å²) in [5, 5.41) is 10.1. The minimum atomic E-state index is -1.36. The smallest absolute Gasteiger partial charge is 0.327 e. The molecule has 1 aliphatic heterocycles. The van der Waals surface area contributed by atoms with Gasteiger partial charge in [0.2, 0.25) is 11.8 Å². The van der Waals surface area contributed by atoms with Crippen molar-refractivity contribution >= 4 is 41.0 Å². The lowest BCUT2D eigenvalue weighted by molar-refractivity contribution is -0.155. The van der Waals surface area contributed by atoms with Crippen molar-refractivity contribution < 1.29 is 19.5 Å². The van der Waals surface area contributed by atoms with Gasteiger partial charge in [-0.1, -0.05) is 78.9 Å². The number of carbonyl (C=O) groups is 3. The second-order valence-corrected chi connectivity index (χ2v) is 10.3. The van der Waals surface area contributed by atoms with E-state index in [1.54, 1.807) is 24.3 Å². The second-order valence-electron chi connectivity index (χ2n) is 9.06. The third-order valence-corrected chi connectivity index (χ3v) is 8.77. The molecule has 3 aromatic carbocycles. The Labute approximate surface area is 205 Å². The van der Waals surface area contributed by atoms with Crippen LogP contribution in [0.25, 0.3) is 0 Å². The lowest BCUT2D eigenvalue weighted by Gasteiger charge is -2.54. The van der Waals surface area contributed by atoms with Crippen molar-refractivity contribution in [2.24, 2.45) is 11.8 Å². The summed E-state index contributed by atoms with van der Waals surface area (Å²) >= 11 is 14.8. The number of hydrogen-bond acceptors (Lipinski definition) is 3. The van der Waals surface area contributed by atoms with E-state index in [-0.39, 0.29) is 6.42 Å². The molecule has 34 heavy (non-hydrogen) atoms. The van der Waals surface area contributed by atoms with Crippen LogP contribution in [0.15, 0.2) is 78.9 Å². The van der Waals surface area contributed by atoms with Gasteiger partial charge in [0, 0.05) is 6.42 Å². The Kier molecular flexibility index (Phi) is 4.51. The van der Waals surface area contributed by atoms with Gasteiger partial charge in [-0.2, -0.15) is 0 Å². The molecule has 2 amide bonds. The van der Waals surface area contributed by atoms with Crippen LogP contribution in [0, 0.1) is 11.8 Å². The maximum Gasteiger partial charge on any atom is 0.327 e. The summed E-state index contributed by atoms with van der Waals surface area (Å²) < 4.78 is 0. The molecule has 0 radical (unpaired) electrons. The van der Waals surface area contributed by atoms with Crippen molar-refractivity contribution in [3.05, 3.63) is 107 Å². The number of carbonyl (C=O) groups excluding carboxylic acids is 2. The van der Waals surface area contributed by atoms with Crippen LogP contribution in [0.4, 0.5) is 0 Å². The molecule has 170 valence electrons. The fourth-order valence-electron chi connectivity index (χ4n) is 6.12. The van der Waals surface area contributed by atoms with Crippen molar-refractivity contribution in [2.75, 3.05) is 0 Å². The highest BCUT2D eigenvalue weighted by atomic mass is 35.5. The maximum absolute atomic E-state index is 13.9. The molecule has 7 heteroatoms. The summed E-state index contributed by atoms with van der Waals surface area (Å²) in [6.07, 6.45) is -0.00242. The van der Waals surface area contributed by atoms with E-state index in [1.165, 1.54) is 0 Å². The fourth-order valence-corrected chi connectivity index (χ4v) is 7.22. The standard InChI is InChI=1S/C27H19Cl2NO4/c28-26-16-10-4-5-11-17(16)27(29,19-13-7-6-12-18(19)26)22-21(26)23(31)30(24(22)32)20(25(33)34)14-15-8-2-1-3-9-15/h1-13,20-22H,14H2,(H,33,34)/t20-,21-,22+,26?,27?/m0/s1. The molecule has 3 atom stereocenters. The van der Waals surface area contributed by atoms with Gasteiger partial charge in [0.1, 0.15) is 15.8 Å². The molecule has 4 aliphatic rings. The molecule has 5 nitrogen and oxygen atoms in total. The van der Waals surface area contributed by atoms with Gasteiger partial charge in [0.05, 0.1) is 11.8 Å². The molecule has 0 spiro atoms. The Morgan fingerprint density at radius 1 is 0.765 bits per heavy atom. The first-order chi connectivity index (χ1) is 16.3. The van der Waals surface area contributed by atoms with E-state index in [4.69, 9.17) is 23.2 Å². The second kappa shape index (κ2) is 7.17. The monoisotopic (exact) mass is 491 g/mol. The Morgan fingerprint density at radius 3 is 1.53 bits per heavy atom. The molecule has 0 aromatic heterocycles. The third-order valence-electron chi connectivity index (χ3n) is 7.49. The summed E-state index contributed by atoms with van der Waals surface area (Å²) in [7, 11) is 0. The largest absolute Gasteiger partial charge is 0.480 e. The molecule has 2 bridgehead atoms. The number of carboxylic acid groups (broad SMARTS) is 1. The molecule has 7 rings (SSSR count). The van der Waals surface area contributed by atoms with Crippen molar-refractivity contribution in [1.29, 1.82) is 0 Å². The number of nitrogens with zero attached hydrogens (tertiary/aromatic N) is 1. The topological polar surface area (TPSA) is 74.7 Å². The predicted molar refractivity (Wildman–Crippen MR) is 127 cm³/mol. The first kappa shape index (κ1) is 21.4. The summed E-state index contributed by atoms with van der Waals surface area (Å²) in [6, 6.07) is 22.3. The molecule has 1 saturated heterocycles. The average molecular weight is 492 g/mol. The van der Waals surface area contributed by atoms with E-state index in [9.17, 15) is 19.5 Å². The number of likely N-dealkylation sites (tertiary alicyclic amines) is 1. The van der Waals surface area contributed by atoms with Crippen molar-refractivity contribution in [1.82, 2.24) is 4.90 Å². The van der Waals surface area contributed by atoms with E-state index in [1.807, 2.05) is 54.6 Å². The molecule has 0 saturated carbocycles. The molecule has 1 fully saturated rings. The average Bonchev–Trinajstić information content (AvgIpc) is 3.12. The minimum absolute atomic E-state index is 0.00242. The minimum Gasteiger partial charge on any atom is -0.480 e. The predicted octanol–water partition coefficient (Wildman–Crippen LogP) is 4.28. The molecule has 1 heterocycles. The Balaban J connectivity index is 1.55. The Morgan fingerprint density at radius 2 is 1.15 bits per heavy atom. The zero-order valence-electron chi connectivity index (χ0n) is 17.8. The Bertz CT molecular complexity index is 1250. The number of halogens is 2. The molecule has 1 N–H and O–H groups in total. The van der Waals surface area contributed by atoms with Crippen LogP contribution in [0.5, 0.6) is 0 Å². The van der Waals surface area contributed by atoms with Crippen molar-refractivity contribution in [2.45, 2.75) is 22.2 Å². The fraction of sp³-hybridized carbons (Fsp3) is 0.222. The number of carboxylic acids is 1. The van der Waals surface area contributed by atoms with Gasteiger partial charge in [-0.3, -0.25) is 14.5 Å². The van der Waals surface area contributed by atoms with Crippen LogP contribution in [0.3, 0.4) is 0 Å². The van der Waals surface area contributed by atoms with Crippen LogP contribution in [0.1, 0.15) is 27.8 Å². The van der Waals surface area contributed by atoms with E-state index < -0.39 is 45.4 Å². The third kappa shape index (κ3) is 2.49. The van der Waals surface area contributed by atoms with Gasteiger partial charge in [-0.15, -0.1) is 23.2 Å². The lowest BCUT2D eigenvalue weighted by Crippen LogP contribution is -2.57. The number of benzene rings is 3. The summed E-state index contributed by atoms with van der Waals surface area (Å²) in [5.41, 5.74) is 3.45.